The van der Waals surface area contributed by atoms with Gasteiger partial charge in [-0.15, -0.1) is 0 Å². The van der Waals surface area contributed by atoms with Gasteiger partial charge in [-0.2, -0.15) is 0 Å². The number of halogens is 1. The van der Waals surface area contributed by atoms with E-state index in [9.17, 15) is 9.59 Å². The minimum Gasteiger partial charge on any atom is -0.493 e. The molecule has 0 aliphatic carbocycles. The standard InChI is InChI=1S/C16H17BrN2O4S/c1-8(2)7-23-13-11(17)5-9(6-12(13)22-3)4-10-14(20)18-16(24)19-15(10)21/h4-6,8H,7H2,1-3H3,(H2,18,19,20,21,24). The summed E-state index contributed by atoms with van der Waals surface area (Å²) in [7, 11) is 1.53. The molecule has 1 aliphatic rings. The Balaban J connectivity index is 2.36. The summed E-state index contributed by atoms with van der Waals surface area (Å²) in [5.41, 5.74) is 0.581. The molecule has 0 bridgehead atoms. The van der Waals surface area contributed by atoms with Gasteiger partial charge in [0.2, 0.25) is 0 Å². The quantitative estimate of drug-likeness (QED) is 0.441. The van der Waals surface area contributed by atoms with Crippen LogP contribution in [0.15, 0.2) is 22.2 Å². The van der Waals surface area contributed by atoms with Crippen LogP contribution in [0.3, 0.4) is 0 Å². The van der Waals surface area contributed by atoms with Crippen LogP contribution in [0.25, 0.3) is 6.08 Å². The van der Waals surface area contributed by atoms with Crippen molar-refractivity contribution < 1.29 is 19.1 Å². The van der Waals surface area contributed by atoms with E-state index in [4.69, 9.17) is 21.7 Å². The molecule has 0 atom stereocenters. The van der Waals surface area contributed by atoms with Crippen LogP contribution in [0.1, 0.15) is 19.4 Å². The van der Waals surface area contributed by atoms with E-state index in [1.807, 2.05) is 13.8 Å². The third-order valence-corrected chi connectivity index (χ3v) is 3.86. The fraction of sp³-hybridized carbons (Fsp3) is 0.312. The number of nitrogens with one attached hydrogen (secondary N) is 2. The molecule has 0 saturated carbocycles. The van der Waals surface area contributed by atoms with E-state index in [-0.39, 0.29) is 10.7 Å². The normalized spacial score (nSPS) is 14.4. The van der Waals surface area contributed by atoms with Gasteiger partial charge in [0.05, 0.1) is 18.2 Å². The molecular weight excluding hydrogens is 396 g/mol. The summed E-state index contributed by atoms with van der Waals surface area (Å²) < 4.78 is 11.8. The van der Waals surface area contributed by atoms with E-state index in [1.54, 1.807) is 12.1 Å². The molecule has 1 aliphatic heterocycles. The molecule has 0 unspecified atom stereocenters. The van der Waals surface area contributed by atoms with Crippen molar-refractivity contribution >= 4 is 51.2 Å². The van der Waals surface area contributed by atoms with Gasteiger partial charge in [0.1, 0.15) is 5.57 Å². The molecule has 1 fully saturated rings. The molecule has 128 valence electrons. The van der Waals surface area contributed by atoms with Crippen LogP contribution in [0.5, 0.6) is 11.5 Å². The van der Waals surface area contributed by atoms with Gasteiger partial charge in [-0.05, 0) is 57.8 Å². The van der Waals surface area contributed by atoms with Crippen LogP contribution in [-0.2, 0) is 9.59 Å². The molecule has 0 spiro atoms. The Morgan fingerprint density at radius 3 is 2.42 bits per heavy atom. The summed E-state index contributed by atoms with van der Waals surface area (Å²) in [5, 5.41) is 4.78. The number of amides is 2. The van der Waals surface area contributed by atoms with E-state index in [2.05, 4.69) is 26.6 Å². The zero-order valence-electron chi connectivity index (χ0n) is 13.4. The van der Waals surface area contributed by atoms with Crippen molar-refractivity contribution in [3.8, 4) is 11.5 Å². The number of thiocarbonyl (C=S) groups is 1. The highest BCUT2D eigenvalue weighted by atomic mass is 79.9. The topological polar surface area (TPSA) is 76.7 Å². The number of rotatable bonds is 5. The van der Waals surface area contributed by atoms with Gasteiger partial charge in [-0.25, -0.2) is 0 Å². The molecule has 6 nitrogen and oxygen atoms in total. The first-order chi connectivity index (χ1) is 11.3. The molecule has 1 aromatic rings. The summed E-state index contributed by atoms with van der Waals surface area (Å²) in [4.78, 5) is 23.8. The van der Waals surface area contributed by atoms with Gasteiger partial charge in [-0.3, -0.25) is 20.2 Å². The lowest BCUT2D eigenvalue weighted by atomic mass is 10.1. The minimum absolute atomic E-state index is 0.00153. The lowest BCUT2D eigenvalue weighted by Gasteiger charge is -2.17. The highest BCUT2D eigenvalue weighted by molar-refractivity contribution is 9.10. The molecule has 2 N–H and O–H groups in total. The molecule has 1 heterocycles. The molecule has 8 heteroatoms. The van der Waals surface area contributed by atoms with Gasteiger partial charge in [0.15, 0.2) is 16.6 Å². The first-order valence-electron chi connectivity index (χ1n) is 7.20. The van der Waals surface area contributed by atoms with Crippen LogP contribution in [-0.4, -0.2) is 30.6 Å². The van der Waals surface area contributed by atoms with Crippen LogP contribution < -0.4 is 20.1 Å². The van der Waals surface area contributed by atoms with Crippen molar-refractivity contribution in [3.05, 3.63) is 27.7 Å². The monoisotopic (exact) mass is 412 g/mol. The first kappa shape index (κ1) is 18.4. The summed E-state index contributed by atoms with van der Waals surface area (Å²) in [6, 6.07) is 3.44. The second-order valence-electron chi connectivity index (χ2n) is 5.53. The number of carbonyl (C=O) groups excluding carboxylic acids is 2. The lowest BCUT2D eigenvalue weighted by molar-refractivity contribution is -0.123. The Kier molecular flexibility index (Phi) is 5.95. The molecule has 24 heavy (non-hydrogen) atoms. The van der Waals surface area contributed by atoms with Gasteiger partial charge in [0.25, 0.3) is 11.8 Å². The Morgan fingerprint density at radius 1 is 1.25 bits per heavy atom. The summed E-state index contributed by atoms with van der Waals surface area (Å²) >= 11 is 8.21. The van der Waals surface area contributed by atoms with Crippen LogP contribution in [0.4, 0.5) is 0 Å². The number of hydrogen-bond acceptors (Lipinski definition) is 5. The van der Waals surface area contributed by atoms with Crippen molar-refractivity contribution in [2.24, 2.45) is 5.92 Å². The average Bonchev–Trinajstić information content (AvgIpc) is 2.49. The Bertz CT molecular complexity index is 709. The van der Waals surface area contributed by atoms with E-state index in [1.165, 1.54) is 13.2 Å². The highest BCUT2D eigenvalue weighted by Gasteiger charge is 2.26. The molecule has 0 aromatic heterocycles. The SMILES string of the molecule is COc1cc(C=C2C(=O)NC(=S)NC2=O)cc(Br)c1OCC(C)C. The molecule has 2 amide bonds. The largest absolute Gasteiger partial charge is 0.493 e. The molecule has 1 saturated heterocycles. The van der Waals surface area contributed by atoms with Gasteiger partial charge in [0, 0.05) is 0 Å². The van der Waals surface area contributed by atoms with E-state index in [0.29, 0.717) is 34.1 Å². The molecular formula is C16H17BrN2O4S. The number of ether oxygens (including phenoxy) is 2. The van der Waals surface area contributed by atoms with Crippen molar-refractivity contribution in [2.45, 2.75) is 13.8 Å². The zero-order valence-corrected chi connectivity index (χ0v) is 15.8. The summed E-state index contributed by atoms with van der Waals surface area (Å²) in [6.45, 7) is 4.63. The van der Waals surface area contributed by atoms with Crippen molar-refractivity contribution in [2.75, 3.05) is 13.7 Å². The van der Waals surface area contributed by atoms with Gasteiger partial charge < -0.3 is 9.47 Å². The summed E-state index contributed by atoms with van der Waals surface area (Å²) in [6.07, 6.45) is 1.46. The molecule has 1 aromatic carbocycles. The van der Waals surface area contributed by atoms with Crippen molar-refractivity contribution in [1.29, 1.82) is 0 Å². The predicted molar refractivity (Wildman–Crippen MR) is 97.9 cm³/mol. The van der Waals surface area contributed by atoms with E-state index in [0.717, 1.165) is 0 Å². The highest BCUT2D eigenvalue weighted by Crippen LogP contribution is 2.37. The molecule has 2 rings (SSSR count). The maximum Gasteiger partial charge on any atom is 0.263 e. The Labute approximate surface area is 153 Å². The van der Waals surface area contributed by atoms with Crippen LogP contribution >= 0.6 is 28.1 Å². The van der Waals surface area contributed by atoms with Crippen LogP contribution in [0.2, 0.25) is 0 Å². The number of methoxy groups -OCH3 is 1. The third kappa shape index (κ3) is 4.33. The Hall–Kier alpha value is -1.93. The fourth-order valence-corrected chi connectivity index (χ4v) is 2.75. The Morgan fingerprint density at radius 2 is 1.88 bits per heavy atom. The predicted octanol–water partition coefficient (Wildman–Crippen LogP) is 2.41. The number of carbonyl (C=O) groups is 2. The lowest BCUT2D eigenvalue weighted by Crippen LogP contribution is -2.51. The fourth-order valence-electron chi connectivity index (χ4n) is 1.99. The van der Waals surface area contributed by atoms with Crippen molar-refractivity contribution in [1.82, 2.24) is 10.6 Å². The second-order valence-corrected chi connectivity index (χ2v) is 6.80. The third-order valence-electron chi connectivity index (χ3n) is 3.07. The average molecular weight is 413 g/mol. The van der Waals surface area contributed by atoms with E-state index >= 15 is 0 Å². The maximum absolute atomic E-state index is 11.9. The van der Waals surface area contributed by atoms with E-state index < -0.39 is 11.8 Å². The van der Waals surface area contributed by atoms with Crippen LogP contribution in [0, 0.1) is 5.92 Å². The summed E-state index contributed by atoms with van der Waals surface area (Å²) in [5.74, 6) is 0.357. The maximum atomic E-state index is 11.9. The second kappa shape index (κ2) is 7.76. The first-order valence-corrected chi connectivity index (χ1v) is 8.40. The zero-order chi connectivity index (χ0) is 17.9. The van der Waals surface area contributed by atoms with Crippen molar-refractivity contribution in [3.63, 3.8) is 0 Å². The minimum atomic E-state index is -0.543. The van der Waals surface area contributed by atoms with Gasteiger partial charge >= 0.3 is 0 Å². The number of hydrogen-bond donors (Lipinski definition) is 2. The van der Waals surface area contributed by atoms with Gasteiger partial charge in [-0.1, -0.05) is 13.8 Å². The smallest absolute Gasteiger partial charge is 0.263 e. The molecule has 0 radical (unpaired) electrons. The number of benzene rings is 1.